The van der Waals surface area contributed by atoms with E-state index < -0.39 is 132 Å². The fourth-order valence-corrected chi connectivity index (χ4v) is 9.17. The number of aliphatic hydroxyl groups is 4. The molecule has 0 aromatic heterocycles. The van der Waals surface area contributed by atoms with E-state index in [0.717, 1.165) is 0 Å². The van der Waals surface area contributed by atoms with Crippen LogP contribution in [0.5, 0.6) is 0 Å². The van der Waals surface area contributed by atoms with Gasteiger partial charge >= 0.3 is 17.9 Å². The van der Waals surface area contributed by atoms with Crippen LogP contribution in [-0.4, -0.2) is 161 Å². The van der Waals surface area contributed by atoms with Crippen molar-refractivity contribution >= 4 is 23.7 Å². The Morgan fingerprint density at radius 2 is 1.47 bits per heavy atom. The molecule has 0 saturated carbocycles. The monoisotopic (exact) mass is 862 g/mol. The number of ketones is 1. The third-order valence-electron chi connectivity index (χ3n) is 12.9. The summed E-state index contributed by atoms with van der Waals surface area (Å²) in [5.41, 5.74) is -5.06. The van der Waals surface area contributed by atoms with Gasteiger partial charge in [-0.25, -0.2) is 0 Å². The lowest BCUT2D eigenvalue weighted by molar-refractivity contribution is -0.319. The number of rotatable bonds is 12. The van der Waals surface area contributed by atoms with Gasteiger partial charge in [0.15, 0.2) is 18.7 Å². The first-order valence-corrected chi connectivity index (χ1v) is 21.5. The fraction of sp³-hybridized carbons (Fsp3) is 0.907. The number of likely N-dealkylation sites (N-methyl/N-ethyl adjacent to an activating group) is 1. The van der Waals surface area contributed by atoms with Gasteiger partial charge in [-0.05, 0) is 81.8 Å². The van der Waals surface area contributed by atoms with Gasteiger partial charge in [-0.2, -0.15) is 0 Å². The number of hydrogen-bond donors (Lipinski definition) is 4. The van der Waals surface area contributed by atoms with E-state index in [1.165, 1.54) is 27.9 Å². The second-order valence-electron chi connectivity index (χ2n) is 18.2. The number of nitrogens with zero attached hydrogens (tertiary/aromatic N) is 1. The predicted molar refractivity (Wildman–Crippen MR) is 216 cm³/mol. The highest BCUT2D eigenvalue weighted by atomic mass is 16.7. The molecule has 1 unspecified atom stereocenters. The minimum absolute atomic E-state index is 0.0431. The maximum Gasteiger partial charge on any atom is 0.311 e. The van der Waals surface area contributed by atoms with Crippen LogP contribution in [0.1, 0.15) is 115 Å². The minimum atomic E-state index is -2.04. The Bertz CT molecular complexity index is 1440. The van der Waals surface area contributed by atoms with Crippen LogP contribution in [-0.2, 0) is 57.1 Å². The van der Waals surface area contributed by atoms with Gasteiger partial charge in [0.25, 0.3) is 0 Å². The molecule has 3 rings (SSSR count). The first-order valence-electron chi connectivity index (χ1n) is 21.5. The number of esters is 3. The molecule has 348 valence electrons. The van der Waals surface area contributed by atoms with Gasteiger partial charge in [0.05, 0.1) is 73.1 Å². The maximum absolute atomic E-state index is 14.3. The lowest BCUT2D eigenvalue weighted by Gasteiger charge is -2.49. The second kappa shape index (κ2) is 21.4. The highest BCUT2D eigenvalue weighted by Gasteiger charge is 2.54. The Morgan fingerprint density at radius 3 is 2.03 bits per heavy atom. The van der Waals surface area contributed by atoms with E-state index >= 15 is 0 Å². The molecule has 17 nitrogen and oxygen atoms in total. The fourth-order valence-electron chi connectivity index (χ4n) is 9.17. The van der Waals surface area contributed by atoms with Crippen LogP contribution in [0, 0.1) is 23.7 Å². The van der Waals surface area contributed by atoms with Crippen LogP contribution < -0.4 is 0 Å². The molecule has 4 N–H and O–H groups in total. The average Bonchev–Trinajstić information content (AvgIpc) is 3.17. The van der Waals surface area contributed by atoms with Crippen molar-refractivity contribution in [2.45, 2.75) is 199 Å². The lowest BCUT2D eigenvalue weighted by Crippen LogP contribution is -2.61. The summed E-state index contributed by atoms with van der Waals surface area (Å²) < 4.78 is 48.8. The molecular formula is C43H75NO16. The zero-order valence-electron chi connectivity index (χ0n) is 38.2. The summed E-state index contributed by atoms with van der Waals surface area (Å²) in [5.74, 6) is -6.64. The van der Waals surface area contributed by atoms with Crippen LogP contribution >= 0.6 is 0 Å². The molecule has 3 aliphatic rings. The van der Waals surface area contributed by atoms with Crippen molar-refractivity contribution < 1.29 is 77.5 Å². The SMILES string of the molecule is CCOC(=O)CCC(=O)O[C@H]1[C@H](O[C@@H]2[C@@H](C)[C@H](O[C@H]3C[C@@](C)(OC)[C@@H](O)[C@H](C)O3)[C@@H](C)C(=O)OC(CC)[C@@](C)(O)[C@H](O)[C@@H](C)C(=O)[C@H](C)C[C@@]2(C)O)O[C@H](C)C[C@@H]1N(C)C. The van der Waals surface area contributed by atoms with Crippen LogP contribution in [0.25, 0.3) is 0 Å². The Labute approximate surface area is 356 Å². The number of cyclic esters (lactones) is 1. The second-order valence-corrected chi connectivity index (χ2v) is 18.2. The minimum Gasteiger partial charge on any atom is -0.466 e. The van der Waals surface area contributed by atoms with Crippen molar-refractivity contribution in [3.8, 4) is 0 Å². The van der Waals surface area contributed by atoms with Crippen molar-refractivity contribution in [1.29, 1.82) is 0 Å². The van der Waals surface area contributed by atoms with E-state index in [2.05, 4.69) is 0 Å². The molecule has 3 heterocycles. The van der Waals surface area contributed by atoms with Gasteiger partial charge in [0, 0.05) is 31.3 Å². The lowest BCUT2D eigenvalue weighted by atomic mass is 9.74. The maximum atomic E-state index is 14.3. The quantitative estimate of drug-likeness (QED) is 0.163. The summed E-state index contributed by atoms with van der Waals surface area (Å²) in [6.07, 6.45) is -11.1. The molecule has 0 spiro atoms. The van der Waals surface area contributed by atoms with Gasteiger partial charge in [-0.1, -0.05) is 27.7 Å². The number of ether oxygens (including phenoxy) is 8. The van der Waals surface area contributed by atoms with E-state index in [1.807, 2.05) is 25.9 Å². The molecule has 3 fully saturated rings. The van der Waals surface area contributed by atoms with Gasteiger partial charge in [0.1, 0.15) is 23.6 Å². The summed E-state index contributed by atoms with van der Waals surface area (Å²) in [6.45, 7) is 17.9. The predicted octanol–water partition coefficient (Wildman–Crippen LogP) is 2.68. The van der Waals surface area contributed by atoms with Crippen molar-refractivity contribution in [1.82, 2.24) is 4.90 Å². The van der Waals surface area contributed by atoms with Crippen molar-refractivity contribution in [2.24, 2.45) is 23.7 Å². The third-order valence-corrected chi connectivity index (χ3v) is 12.9. The van der Waals surface area contributed by atoms with Gasteiger partial charge in [0.2, 0.25) is 0 Å². The van der Waals surface area contributed by atoms with Gasteiger partial charge in [-0.3, -0.25) is 19.2 Å². The summed E-state index contributed by atoms with van der Waals surface area (Å²) >= 11 is 0. The Hall–Kier alpha value is -2.32. The summed E-state index contributed by atoms with van der Waals surface area (Å²) in [6, 6.07) is -0.443. The first-order chi connectivity index (χ1) is 27.8. The Kier molecular flexibility index (Phi) is 18.5. The summed E-state index contributed by atoms with van der Waals surface area (Å²) in [7, 11) is 5.09. The number of hydrogen-bond acceptors (Lipinski definition) is 17. The normalized spacial score (nSPS) is 43.8. The highest BCUT2D eigenvalue weighted by molar-refractivity contribution is 5.83. The molecule has 0 aromatic rings. The van der Waals surface area contributed by atoms with E-state index in [0.29, 0.717) is 6.42 Å². The molecule has 0 amide bonds. The number of carbonyl (C=O) groups is 4. The number of Topliss-reactive ketones (excluding diaryl/α,β-unsaturated/α-hetero) is 1. The van der Waals surface area contributed by atoms with Crippen molar-refractivity contribution in [3.05, 3.63) is 0 Å². The average molecular weight is 862 g/mol. The Morgan fingerprint density at radius 1 is 0.850 bits per heavy atom. The molecule has 0 aromatic carbocycles. The Balaban J connectivity index is 2.22. The molecule has 3 aliphatic heterocycles. The van der Waals surface area contributed by atoms with Crippen LogP contribution in [0.15, 0.2) is 0 Å². The number of methoxy groups -OCH3 is 1. The van der Waals surface area contributed by atoms with Crippen LogP contribution in [0.3, 0.4) is 0 Å². The zero-order chi connectivity index (χ0) is 45.7. The third kappa shape index (κ3) is 12.2. The number of aliphatic hydroxyl groups excluding tert-OH is 2. The number of carbonyl (C=O) groups excluding carboxylic acids is 4. The molecular weight excluding hydrogens is 786 g/mol. The molecule has 60 heavy (non-hydrogen) atoms. The molecule has 0 bridgehead atoms. The zero-order valence-corrected chi connectivity index (χ0v) is 38.2. The molecule has 17 heteroatoms. The van der Waals surface area contributed by atoms with Crippen molar-refractivity contribution in [2.75, 3.05) is 27.8 Å². The smallest absolute Gasteiger partial charge is 0.311 e. The summed E-state index contributed by atoms with van der Waals surface area (Å²) in [4.78, 5) is 55.6. The molecule has 0 radical (unpaired) electrons. The van der Waals surface area contributed by atoms with Gasteiger partial charge < -0.3 is 63.2 Å². The van der Waals surface area contributed by atoms with Gasteiger partial charge in [-0.15, -0.1) is 0 Å². The van der Waals surface area contributed by atoms with Crippen LogP contribution in [0.2, 0.25) is 0 Å². The standard InChI is InChI=1S/C43H75NO16/c1-15-29-43(11,52)36(48)24(5)33(47)22(3)20-41(9,51)38(25(6)34(26(7)39(50)57-29)59-32-21-42(10,53-14)37(49)27(8)56-32)60-40-35(28(44(12)13)19-23(4)55-40)58-31(46)18-17-30(45)54-16-2/h22-29,32,34-38,40,48-49,51-52H,15-21H2,1-14H3/t22-,23-,24+,25+,26-,27+,28+,29?,32+,34+,35-,36-,37+,38-,40+,41-,42-,43-/m1/s1. The van der Waals surface area contributed by atoms with E-state index in [9.17, 15) is 39.6 Å². The van der Waals surface area contributed by atoms with E-state index in [4.69, 9.17) is 37.9 Å². The topological polar surface area (TPSA) is 226 Å². The van der Waals surface area contributed by atoms with Crippen LogP contribution in [0.4, 0.5) is 0 Å². The molecule has 0 aliphatic carbocycles. The largest absolute Gasteiger partial charge is 0.466 e. The summed E-state index contributed by atoms with van der Waals surface area (Å²) in [5, 5.41) is 46.8. The molecule has 3 saturated heterocycles. The van der Waals surface area contributed by atoms with E-state index in [-0.39, 0.29) is 38.7 Å². The van der Waals surface area contributed by atoms with E-state index in [1.54, 1.807) is 48.5 Å². The van der Waals surface area contributed by atoms with Crippen molar-refractivity contribution in [3.63, 3.8) is 0 Å². The molecule has 18 atom stereocenters. The first kappa shape index (κ1) is 52.0. The highest BCUT2D eigenvalue weighted by Crippen LogP contribution is 2.41.